The van der Waals surface area contributed by atoms with Gasteiger partial charge in [-0.15, -0.1) is 0 Å². The first kappa shape index (κ1) is 56.8. The van der Waals surface area contributed by atoms with E-state index in [4.69, 9.17) is 0 Å². The number of para-hydroxylation sites is 1. The summed E-state index contributed by atoms with van der Waals surface area (Å²) < 4.78 is 0. The van der Waals surface area contributed by atoms with E-state index in [1.54, 1.807) is 0 Å². The molecule has 0 atom stereocenters. The topological polar surface area (TPSA) is 6.48 Å². The van der Waals surface area contributed by atoms with Gasteiger partial charge in [-0.1, -0.05) is 247 Å². The number of anilines is 6. The Morgan fingerprint density at radius 3 is 1.38 bits per heavy atom. The number of benzene rings is 8. The molecule has 0 aromatic heterocycles. The lowest BCUT2D eigenvalue weighted by molar-refractivity contribution is 0.125. The van der Waals surface area contributed by atoms with E-state index in [2.05, 4.69) is 262 Å². The molecule has 408 valence electrons. The normalized spacial score (nSPS) is 14.0. The number of aryl methyl sites for hydroxylation is 4. The van der Waals surface area contributed by atoms with Crippen molar-refractivity contribution in [1.29, 1.82) is 0 Å². The van der Waals surface area contributed by atoms with E-state index in [0.29, 0.717) is 0 Å². The van der Waals surface area contributed by atoms with Crippen LogP contribution in [-0.4, -0.2) is 0 Å². The highest BCUT2D eigenvalue weighted by molar-refractivity contribution is 5.90. The summed E-state index contributed by atoms with van der Waals surface area (Å²) in [6, 6.07) is 66.7. The van der Waals surface area contributed by atoms with Gasteiger partial charge in [0.2, 0.25) is 0 Å². The van der Waals surface area contributed by atoms with Crippen LogP contribution in [0.25, 0.3) is 39.5 Å². The Labute approximate surface area is 477 Å². The van der Waals surface area contributed by atoms with Crippen molar-refractivity contribution in [3.05, 3.63) is 221 Å². The van der Waals surface area contributed by atoms with Crippen molar-refractivity contribution in [2.24, 2.45) is 5.41 Å². The minimum Gasteiger partial charge on any atom is -0.311 e. The van der Waals surface area contributed by atoms with Crippen molar-refractivity contribution in [3.8, 4) is 33.4 Å². The van der Waals surface area contributed by atoms with Crippen molar-refractivity contribution < 1.29 is 0 Å². The molecule has 1 aliphatic rings. The molecule has 0 saturated carbocycles. The smallest absolute Gasteiger partial charge is 0.0540 e. The average Bonchev–Trinajstić information content (AvgIpc) is 2.91. The molecule has 0 spiro atoms. The Hall–Kier alpha value is -6.90. The van der Waals surface area contributed by atoms with Crippen LogP contribution in [-0.2, 0) is 23.7 Å². The number of nitrogens with zero attached hydrogens (tertiary/aromatic N) is 2. The second-order valence-corrected chi connectivity index (χ2v) is 24.6. The summed E-state index contributed by atoms with van der Waals surface area (Å²) in [6.45, 7) is 27.8. The van der Waals surface area contributed by atoms with Crippen molar-refractivity contribution in [2.75, 3.05) is 9.80 Å². The van der Waals surface area contributed by atoms with Crippen LogP contribution in [0.2, 0.25) is 0 Å². The quantitative estimate of drug-likeness (QED) is 0.0557. The molecule has 8 aromatic carbocycles. The van der Waals surface area contributed by atoms with Gasteiger partial charge in [0.1, 0.15) is 0 Å². The first-order chi connectivity index (χ1) is 38.2. The van der Waals surface area contributed by atoms with E-state index in [9.17, 15) is 0 Å². The molecule has 0 unspecified atom stereocenters. The summed E-state index contributed by atoms with van der Waals surface area (Å²) in [5.41, 5.74) is 24.2. The second-order valence-electron chi connectivity index (χ2n) is 24.6. The molecule has 79 heavy (non-hydrogen) atoms. The molecule has 0 fully saturated rings. The van der Waals surface area contributed by atoms with Gasteiger partial charge in [0.05, 0.1) is 5.69 Å². The van der Waals surface area contributed by atoms with Gasteiger partial charge in [-0.05, 0) is 184 Å². The highest BCUT2D eigenvalue weighted by atomic mass is 15.1. The fraction of sp³-hybridized carbons (Fsp3) is 0.351. The van der Waals surface area contributed by atoms with Gasteiger partial charge in [0.25, 0.3) is 0 Å². The zero-order valence-corrected chi connectivity index (χ0v) is 49.8. The van der Waals surface area contributed by atoms with Crippen molar-refractivity contribution >= 4 is 40.2 Å². The molecule has 0 heterocycles. The zero-order chi connectivity index (χ0) is 55.7. The van der Waals surface area contributed by atoms with Crippen LogP contribution in [0.15, 0.2) is 183 Å². The molecule has 9 rings (SSSR count). The standard InChI is InChI=1S/C77H90N2/c1-12-15-17-19-21-23-27-62-54-71(63(53-57(62)5)28-24-22-20-18-16-13-2)61-39-50-69(51-40-61)79(74-30-26-25-29-70(74)64-41-52-72-73(55-64)76(8,9)77(10,11)75(72,6)7)68-48-37-60(38-49-68)59-35-46-67(47-36-59)78(65-42-31-56(4)32-43-65)66-44-33-58(14-3)34-45-66/h14,25-26,29-55H,3,12-13,15-24,27-28H2,1-2,4-11H3. The van der Waals surface area contributed by atoms with E-state index < -0.39 is 0 Å². The molecule has 0 aliphatic heterocycles. The molecule has 1 aliphatic carbocycles. The average molecular weight is 1040 g/mol. The van der Waals surface area contributed by atoms with E-state index in [1.807, 2.05) is 6.08 Å². The van der Waals surface area contributed by atoms with Gasteiger partial charge in [0.15, 0.2) is 0 Å². The van der Waals surface area contributed by atoms with Gasteiger partial charge in [-0.25, -0.2) is 0 Å². The fourth-order valence-corrected chi connectivity index (χ4v) is 12.6. The Bertz CT molecular complexity index is 3280. The summed E-state index contributed by atoms with van der Waals surface area (Å²) in [5, 5.41) is 0. The van der Waals surface area contributed by atoms with E-state index in [-0.39, 0.29) is 16.2 Å². The predicted octanol–water partition coefficient (Wildman–Crippen LogP) is 23.3. The van der Waals surface area contributed by atoms with E-state index in [0.717, 1.165) is 46.8 Å². The first-order valence-electron chi connectivity index (χ1n) is 30.2. The zero-order valence-electron chi connectivity index (χ0n) is 49.8. The highest BCUT2D eigenvalue weighted by Crippen LogP contribution is 2.62. The number of fused-ring (bicyclic) bond motifs is 1. The van der Waals surface area contributed by atoms with Gasteiger partial charge in [-0.3, -0.25) is 0 Å². The molecular weight excluding hydrogens is 953 g/mol. The molecule has 0 bridgehead atoms. The molecule has 0 radical (unpaired) electrons. The lowest BCUT2D eigenvalue weighted by atomic mass is 9.59. The summed E-state index contributed by atoms with van der Waals surface area (Å²) in [6.07, 6.45) is 19.9. The number of rotatable bonds is 24. The minimum absolute atomic E-state index is 0.00525. The van der Waals surface area contributed by atoms with Gasteiger partial charge in [-0.2, -0.15) is 0 Å². The third-order valence-electron chi connectivity index (χ3n) is 18.8. The summed E-state index contributed by atoms with van der Waals surface area (Å²) in [4.78, 5) is 4.82. The van der Waals surface area contributed by atoms with Crippen molar-refractivity contribution in [2.45, 2.75) is 170 Å². The molecule has 0 N–H and O–H groups in total. The first-order valence-corrected chi connectivity index (χ1v) is 30.2. The Kier molecular flexibility index (Phi) is 18.0. The Morgan fingerprint density at radius 2 is 0.835 bits per heavy atom. The van der Waals surface area contributed by atoms with E-state index >= 15 is 0 Å². The fourth-order valence-electron chi connectivity index (χ4n) is 12.6. The van der Waals surface area contributed by atoms with Crippen LogP contribution in [0.1, 0.15) is 171 Å². The van der Waals surface area contributed by atoms with E-state index in [1.165, 1.54) is 149 Å². The van der Waals surface area contributed by atoms with Gasteiger partial charge < -0.3 is 9.80 Å². The SMILES string of the molecule is C=Cc1ccc(N(c2ccc(C)cc2)c2ccc(-c3ccc(N(c4ccc(-c5cc(CCCCCCCC)c(C)cc5CCCCCCCC)cc4)c4ccccc4-c4ccc5c(c4)C(C)(C)C(C)(C)C5(C)C)cc3)cc2)cc1. The minimum atomic E-state index is -0.00525. The lowest BCUT2D eigenvalue weighted by Gasteiger charge is -2.44. The Morgan fingerprint density at radius 1 is 0.392 bits per heavy atom. The van der Waals surface area contributed by atoms with Crippen LogP contribution in [0.4, 0.5) is 34.1 Å². The van der Waals surface area contributed by atoms with Crippen LogP contribution < -0.4 is 9.80 Å². The molecule has 8 aromatic rings. The molecule has 2 heteroatoms. The maximum absolute atomic E-state index is 3.99. The van der Waals surface area contributed by atoms with Crippen LogP contribution in [0.5, 0.6) is 0 Å². The maximum atomic E-state index is 3.99. The van der Waals surface area contributed by atoms with Crippen LogP contribution in [0.3, 0.4) is 0 Å². The van der Waals surface area contributed by atoms with Gasteiger partial charge >= 0.3 is 0 Å². The van der Waals surface area contributed by atoms with Crippen LogP contribution in [0, 0.1) is 19.3 Å². The Balaban J connectivity index is 1.09. The predicted molar refractivity (Wildman–Crippen MR) is 346 cm³/mol. The molecule has 0 amide bonds. The maximum Gasteiger partial charge on any atom is 0.0540 e. The van der Waals surface area contributed by atoms with Crippen LogP contribution >= 0.6 is 0 Å². The van der Waals surface area contributed by atoms with Crippen molar-refractivity contribution in [3.63, 3.8) is 0 Å². The highest BCUT2D eigenvalue weighted by Gasteiger charge is 2.56. The number of hydrogen-bond acceptors (Lipinski definition) is 2. The monoisotopic (exact) mass is 1040 g/mol. The van der Waals surface area contributed by atoms with Gasteiger partial charge in [0, 0.05) is 34.0 Å². The number of hydrogen-bond donors (Lipinski definition) is 0. The lowest BCUT2D eigenvalue weighted by Crippen LogP contribution is -2.42. The molecular formula is C77H90N2. The summed E-state index contributed by atoms with van der Waals surface area (Å²) >= 11 is 0. The van der Waals surface area contributed by atoms with Crippen molar-refractivity contribution in [1.82, 2.24) is 0 Å². The number of unbranched alkanes of at least 4 members (excludes halogenated alkanes) is 10. The third-order valence-corrected chi connectivity index (χ3v) is 18.8. The molecule has 2 nitrogen and oxygen atoms in total. The third kappa shape index (κ3) is 12.2. The molecule has 0 saturated heterocycles. The summed E-state index contributed by atoms with van der Waals surface area (Å²) in [7, 11) is 0. The second kappa shape index (κ2) is 25.0. The largest absolute Gasteiger partial charge is 0.311 e. The summed E-state index contributed by atoms with van der Waals surface area (Å²) in [5.74, 6) is 0.